The quantitative estimate of drug-likeness (QED) is 0.242. The van der Waals surface area contributed by atoms with E-state index in [9.17, 15) is 19.2 Å². The Morgan fingerprint density at radius 2 is 1.55 bits per heavy atom. The van der Waals surface area contributed by atoms with Gasteiger partial charge in [0.25, 0.3) is 25.9 Å². The third-order valence-electron chi connectivity index (χ3n) is 9.07. The van der Waals surface area contributed by atoms with Crippen molar-refractivity contribution in [3.8, 4) is 0 Å². The van der Waals surface area contributed by atoms with Crippen LogP contribution in [-0.2, 0) is 42.9 Å². The molecule has 0 aromatic carbocycles. The maximum Gasteiger partial charge on any atom is 0.293 e. The van der Waals surface area contributed by atoms with Crippen LogP contribution in [0.25, 0.3) is 0 Å². The van der Waals surface area contributed by atoms with Crippen molar-refractivity contribution in [3.05, 3.63) is 0 Å². The van der Waals surface area contributed by atoms with E-state index < -0.39 is 16.6 Å². The molecule has 0 amide bonds. The number of carbonyl (C=O) groups excluding carboxylic acids is 4. The molecule has 0 radical (unpaired) electrons. The second-order valence-corrected chi connectivity index (χ2v) is 10.4. The van der Waals surface area contributed by atoms with Gasteiger partial charge in [-0.05, 0) is 50.4 Å². The molecule has 186 valence electrons. The van der Waals surface area contributed by atoms with Crippen LogP contribution < -0.4 is 0 Å². The molecule has 1 saturated heterocycles. The Balaban J connectivity index is 1.98. The van der Waals surface area contributed by atoms with Crippen molar-refractivity contribution in [2.75, 3.05) is 19.8 Å². The third kappa shape index (κ3) is 4.24. The summed E-state index contributed by atoms with van der Waals surface area (Å²) in [5.41, 5.74) is -2.09. The van der Waals surface area contributed by atoms with Crippen LogP contribution in [0, 0.1) is 22.7 Å². The molecule has 1 heterocycles. The fourth-order valence-corrected chi connectivity index (χ4v) is 7.43. The Bertz CT molecular complexity index is 729. The van der Waals surface area contributed by atoms with E-state index in [1.165, 1.54) is 0 Å². The van der Waals surface area contributed by atoms with Crippen molar-refractivity contribution in [2.24, 2.45) is 22.7 Å². The number of rotatable bonds is 12. The Morgan fingerprint density at radius 3 is 2.21 bits per heavy atom. The van der Waals surface area contributed by atoms with Gasteiger partial charge in [-0.3, -0.25) is 19.2 Å². The molecule has 1 spiro atoms. The van der Waals surface area contributed by atoms with Gasteiger partial charge in [0, 0.05) is 17.3 Å². The van der Waals surface area contributed by atoms with E-state index in [4.69, 9.17) is 23.7 Å². The van der Waals surface area contributed by atoms with Gasteiger partial charge in [0.2, 0.25) is 0 Å². The molecular formula is C24H36O9. The summed E-state index contributed by atoms with van der Waals surface area (Å²) >= 11 is 0. The normalized spacial score (nSPS) is 42.1. The SMILES string of the molecule is C[C@@H]1CC[C@H]2[C@](C)(COC=O)[C@@H](OC=O)CC[C@]2(C)[C@@]12CC[C@](CCOC=O)(COC=O)O2. The smallest absolute Gasteiger partial charge is 0.293 e. The largest absolute Gasteiger partial charge is 0.468 e. The molecule has 0 unspecified atom stereocenters. The lowest BCUT2D eigenvalue weighted by Crippen LogP contribution is -2.67. The van der Waals surface area contributed by atoms with E-state index in [1.54, 1.807) is 0 Å². The predicted octanol–water partition coefficient (Wildman–Crippen LogP) is 2.58. The highest BCUT2D eigenvalue weighted by Gasteiger charge is 2.69. The van der Waals surface area contributed by atoms with Crippen molar-refractivity contribution in [3.63, 3.8) is 0 Å². The zero-order valence-electron chi connectivity index (χ0n) is 19.8. The van der Waals surface area contributed by atoms with E-state index >= 15 is 0 Å². The second kappa shape index (κ2) is 9.99. The van der Waals surface area contributed by atoms with E-state index in [1.807, 2.05) is 6.92 Å². The topological polar surface area (TPSA) is 114 Å². The molecule has 0 bridgehead atoms. The lowest BCUT2D eigenvalue weighted by molar-refractivity contribution is -0.273. The van der Waals surface area contributed by atoms with E-state index in [0.717, 1.165) is 25.7 Å². The van der Waals surface area contributed by atoms with Crippen LogP contribution >= 0.6 is 0 Å². The maximum absolute atomic E-state index is 11.3. The van der Waals surface area contributed by atoms with Crippen molar-refractivity contribution in [1.82, 2.24) is 0 Å². The molecule has 0 N–H and O–H groups in total. The first-order valence-electron chi connectivity index (χ1n) is 11.7. The summed E-state index contributed by atoms with van der Waals surface area (Å²) in [7, 11) is 0. The second-order valence-electron chi connectivity index (χ2n) is 10.4. The summed E-state index contributed by atoms with van der Waals surface area (Å²) in [6.45, 7) is 8.65. The van der Waals surface area contributed by atoms with Gasteiger partial charge in [-0.1, -0.05) is 20.8 Å². The third-order valence-corrected chi connectivity index (χ3v) is 9.07. The number of fused-ring (bicyclic) bond motifs is 2. The van der Waals surface area contributed by atoms with Gasteiger partial charge in [0.05, 0.1) is 12.2 Å². The van der Waals surface area contributed by atoms with Crippen LogP contribution in [0.15, 0.2) is 0 Å². The number of carbonyl (C=O) groups is 4. The Kier molecular flexibility index (Phi) is 7.71. The molecule has 2 aliphatic carbocycles. The van der Waals surface area contributed by atoms with Crippen molar-refractivity contribution in [1.29, 1.82) is 0 Å². The number of hydrogen-bond donors (Lipinski definition) is 0. The number of ether oxygens (including phenoxy) is 5. The molecule has 3 fully saturated rings. The molecular weight excluding hydrogens is 432 g/mol. The fraction of sp³-hybridized carbons (Fsp3) is 0.833. The molecule has 3 rings (SSSR count). The average Bonchev–Trinajstić information content (AvgIpc) is 3.19. The zero-order chi connectivity index (χ0) is 24.2. The first-order chi connectivity index (χ1) is 15.8. The summed E-state index contributed by atoms with van der Waals surface area (Å²) in [5.74, 6) is 0.317. The fourth-order valence-electron chi connectivity index (χ4n) is 7.43. The van der Waals surface area contributed by atoms with Crippen LogP contribution in [0.3, 0.4) is 0 Å². The van der Waals surface area contributed by atoms with Gasteiger partial charge >= 0.3 is 0 Å². The predicted molar refractivity (Wildman–Crippen MR) is 115 cm³/mol. The van der Waals surface area contributed by atoms with Gasteiger partial charge in [0.15, 0.2) is 0 Å². The average molecular weight is 469 g/mol. The van der Waals surface area contributed by atoms with E-state index in [0.29, 0.717) is 45.2 Å². The summed E-state index contributed by atoms with van der Waals surface area (Å²) in [4.78, 5) is 44.0. The van der Waals surface area contributed by atoms with Crippen LogP contribution in [0.5, 0.6) is 0 Å². The summed E-state index contributed by atoms with van der Waals surface area (Å²) in [6, 6.07) is 0. The monoisotopic (exact) mass is 468 g/mol. The molecule has 3 aliphatic rings. The van der Waals surface area contributed by atoms with Gasteiger partial charge in [-0.15, -0.1) is 0 Å². The minimum absolute atomic E-state index is 0.0777. The Morgan fingerprint density at radius 1 is 0.848 bits per heavy atom. The van der Waals surface area contributed by atoms with Crippen LogP contribution in [0.1, 0.15) is 65.7 Å². The lowest BCUT2D eigenvalue weighted by Gasteiger charge is -2.65. The Labute approximate surface area is 194 Å². The molecule has 9 nitrogen and oxygen atoms in total. The highest BCUT2D eigenvalue weighted by molar-refractivity contribution is 5.39. The molecule has 9 heteroatoms. The zero-order valence-corrected chi connectivity index (χ0v) is 19.8. The van der Waals surface area contributed by atoms with Crippen LogP contribution in [-0.4, -0.2) is 63.0 Å². The molecule has 2 saturated carbocycles. The van der Waals surface area contributed by atoms with Gasteiger partial charge in [-0.25, -0.2) is 0 Å². The van der Waals surface area contributed by atoms with Crippen molar-refractivity contribution in [2.45, 2.75) is 83.0 Å². The Hall–Kier alpha value is -2.16. The minimum atomic E-state index is -0.741. The maximum atomic E-state index is 11.3. The molecule has 0 aromatic heterocycles. The molecule has 1 aliphatic heterocycles. The molecule has 33 heavy (non-hydrogen) atoms. The van der Waals surface area contributed by atoms with Gasteiger partial charge in [-0.2, -0.15) is 0 Å². The van der Waals surface area contributed by atoms with E-state index in [2.05, 4.69) is 13.8 Å². The van der Waals surface area contributed by atoms with E-state index in [-0.39, 0.29) is 43.2 Å². The van der Waals surface area contributed by atoms with Crippen LogP contribution in [0.4, 0.5) is 0 Å². The first-order valence-corrected chi connectivity index (χ1v) is 11.7. The number of hydrogen-bond acceptors (Lipinski definition) is 9. The van der Waals surface area contributed by atoms with Gasteiger partial charge < -0.3 is 23.7 Å². The summed E-state index contributed by atoms with van der Waals surface area (Å²) in [5, 5.41) is 0. The highest BCUT2D eigenvalue weighted by Crippen LogP contribution is 2.68. The molecule has 7 atom stereocenters. The summed E-state index contributed by atoms with van der Waals surface area (Å²) in [6.07, 6.45) is 4.73. The van der Waals surface area contributed by atoms with Gasteiger partial charge in [0.1, 0.15) is 24.9 Å². The highest BCUT2D eigenvalue weighted by atomic mass is 16.6. The lowest BCUT2D eigenvalue weighted by atomic mass is 9.43. The summed E-state index contributed by atoms with van der Waals surface area (Å²) < 4.78 is 27.9. The van der Waals surface area contributed by atoms with Crippen molar-refractivity contribution >= 4 is 25.9 Å². The van der Waals surface area contributed by atoms with Crippen LogP contribution in [0.2, 0.25) is 0 Å². The molecule has 0 aromatic rings. The first kappa shape index (κ1) is 25.5. The minimum Gasteiger partial charge on any atom is -0.468 e. The standard InChI is InChI=1S/C24H36O9/c1-18-4-5-19-21(2,12-30-15-26)20(32-17-28)6-7-22(19,3)24(18)9-8-23(33-24,13-31-16-27)10-11-29-14-25/h14-20H,4-13H2,1-3H3/t18-,19+,20+,21+,22+,23+,24-/m1/s1. The van der Waals surface area contributed by atoms with Crippen molar-refractivity contribution < 1.29 is 42.9 Å².